The summed E-state index contributed by atoms with van der Waals surface area (Å²) in [7, 11) is 0. The first-order chi connectivity index (χ1) is 11.7. The standard InChI is InChI=1S/C18H26O5S/c1-3-23-18(19)15-22-12-11-20-9-10-21-13-14-24-16(2)17-7-5-4-6-8-17/h4-8H,2-3,9-15H2,1H3. The lowest BCUT2D eigenvalue weighted by Crippen LogP contribution is -2.16. The molecule has 6 heteroatoms. The van der Waals surface area contributed by atoms with E-state index in [0.717, 1.165) is 16.2 Å². The number of hydrogen-bond donors (Lipinski definition) is 0. The molecule has 0 unspecified atom stereocenters. The fourth-order valence-corrected chi connectivity index (χ4v) is 2.48. The van der Waals surface area contributed by atoms with Crippen molar-refractivity contribution in [1.29, 1.82) is 0 Å². The van der Waals surface area contributed by atoms with E-state index in [4.69, 9.17) is 18.9 Å². The first kappa shape index (κ1) is 20.7. The van der Waals surface area contributed by atoms with Crippen LogP contribution in [0.15, 0.2) is 36.9 Å². The van der Waals surface area contributed by atoms with Crippen LogP contribution in [-0.2, 0) is 23.7 Å². The Labute approximate surface area is 148 Å². The largest absolute Gasteiger partial charge is 0.464 e. The molecule has 0 aliphatic heterocycles. The number of thioether (sulfide) groups is 1. The summed E-state index contributed by atoms with van der Waals surface area (Å²) in [5.74, 6) is 0.506. The maximum Gasteiger partial charge on any atom is 0.332 e. The van der Waals surface area contributed by atoms with Gasteiger partial charge in [-0.15, -0.1) is 11.8 Å². The highest BCUT2D eigenvalue weighted by Crippen LogP contribution is 2.24. The third kappa shape index (κ3) is 10.4. The van der Waals surface area contributed by atoms with Gasteiger partial charge in [0, 0.05) is 10.7 Å². The molecule has 0 saturated heterocycles. The van der Waals surface area contributed by atoms with E-state index in [9.17, 15) is 4.79 Å². The van der Waals surface area contributed by atoms with Crippen molar-refractivity contribution in [3.05, 3.63) is 42.5 Å². The molecule has 0 heterocycles. The number of carbonyl (C=O) groups is 1. The summed E-state index contributed by atoms with van der Waals surface area (Å²) in [5.41, 5.74) is 1.15. The van der Waals surface area contributed by atoms with E-state index in [1.165, 1.54) is 0 Å². The predicted molar refractivity (Wildman–Crippen MR) is 97.0 cm³/mol. The first-order valence-corrected chi connectivity index (χ1v) is 8.98. The van der Waals surface area contributed by atoms with Gasteiger partial charge in [-0.1, -0.05) is 36.9 Å². The summed E-state index contributed by atoms with van der Waals surface area (Å²) in [4.78, 5) is 12.1. The molecule has 0 saturated carbocycles. The average Bonchev–Trinajstić information content (AvgIpc) is 2.60. The van der Waals surface area contributed by atoms with Gasteiger partial charge in [0.05, 0.1) is 39.6 Å². The number of benzene rings is 1. The molecule has 0 spiro atoms. The zero-order valence-electron chi connectivity index (χ0n) is 14.2. The van der Waals surface area contributed by atoms with Crippen LogP contribution < -0.4 is 0 Å². The van der Waals surface area contributed by atoms with Crippen molar-refractivity contribution < 1.29 is 23.7 Å². The number of ether oxygens (including phenoxy) is 4. The van der Waals surface area contributed by atoms with Crippen molar-refractivity contribution in [2.24, 2.45) is 0 Å². The summed E-state index contributed by atoms with van der Waals surface area (Å²) in [6.07, 6.45) is 0. The van der Waals surface area contributed by atoms with Crippen LogP contribution in [-0.4, -0.2) is 58.0 Å². The van der Waals surface area contributed by atoms with Crippen LogP contribution in [0.25, 0.3) is 4.91 Å². The second-order valence-corrected chi connectivity index (χ2v) is 5.91. The molecule has 24 heavy (non-hydrogen) atoms. The van der Waals surface area contributed by atoms with Gasteiger partial charge in [-0.05, 0) is 12.5 Å². The molecule has 0 bridgehead atoms. The Kier molecular flexibility index (Phi) is 12.1. The molecule has 134 valence electrons. The van der Waals surface area contributed by atoms with Gasteiger partial charge in [-0.2, -0.15) is 0 Å². The van der Waals surface area contributed by atoms with Crippen LogP contribution in [0.5, 0.6) is 0 Å². The molecule has 1 aromatic rings. The zero-order valence-corrected chi connectivity index (χ0v) is 15.0. The van der Waals surface area contributed by atoms with Crippen LogP contribution in [0.1, 0.15) is 12.5 Å². The average molecular weight is 354 g/mol. The Hall–Kier alpha value is -1.34. The SMILES string of the molecule is C=C(SCCOCCOCCOCC(=O)OCC)c1ccccc1. The lowest BCUT2D eigenvalue weighted by molar-refractivity contribution is -0.148. The van der Waals surface area contributed by atoms with Gasteiger partial charge in [-0.25, -0.2) is 4.79 Å². The predicted octanol–water partition coefficient (Wildman–Crippen LogP) is 3.00. The van der Waals surface area contributed by atoms with Crippen LogP contribution in [0, 0.1) is 0 Å². The van der Waals surface area contributed by atoms with Crippen LogP contribution in [0.4, 0.5) is 0 Å². The third-order valence-electron chi connectivity index (χ3n) is 2.87. The molecule has 0 aliphatic carbocycles. The van der Waals surface area contributed by atoms with Crippen molar-refractivity contribution in [1.82, 2.24) is 0 Å². The second-order valence-electron chi connectivity index (χ2n) is 4.72. The minimum absolute atomic E-state index is 0.0315. The van der Waals surface area contributed by atoms with E-state index in [-0.39, 0.29) is 12.6 Å². The van der Waals surface area contributed by atoms with Crippen molar-refractivity contribution in [3.8, 4) is 0 Å². The van der Waals surface area contributed by atoms with E-state index in [2.05, 4.69) is 6.58 Å². The molecule has 0 amide bonds. The molecule has 0 radical (unpaired) electrons. The smallest absolute Gasteiger partial charge is 0.332 e. The van der Waals surface area contributed by atoms with E-state index in [0.29, 0.717) is 39.6 Å². The van der Waals surface area contributed by atoms with E-state index in [1.807, 2.05) is 30.3 Å². The molecule has 0 N–H and O–H groups in total. The summed E-state index contributed by atoms with van der Waals surface area (Å²) < 4.78 is 20.7. The van der Waals surface area contributed by atoms with Crippen LogP contribution >= 0.6 is 11.8 Å². The summed E-state index contributed by atoms with van der Waals surface area (Å²) in [6, 6.07) is 10.1. The molecule has 0 atom stereocenters. The van der Waals surface area contributed by atoms with Crippen molar-refractivity contribution in [3.63, 3.8) is 0 Å². The number of esters is 1. The minimum Gasteiger partial charge on any atom is -0.464 e. The number of hydrogen-bond acceptors (Lipinski definition) is 6. The maximum atomic E-state index is 11.0. The summed E-state index contributed by atoms with van der Waals surface area (Å²) >= 11 is 1.69. The Morgan fingerprint density at radius 1 is 1.00 bits per heavy atom. The number of rotatable bonds is 14. The Morgan fingerprint density at radius 2 is 1.62 bits per heavy atom. The van der Waals surface area contributed by atoms with Crippen LogP contribution in [0.3, 0.4) is 0 Å². The fourth-order valence-electron chi connectivity index (χ4n) is 1.73. The molecule has 0 aliphatic rings. The Morgan fingerprint density at radius 3 is 2.29 bits per heavy atom. The fraction of sp³-hybridized carbons (Fsp3) is 0.500. The molecular formula is C18H26O5S. The first-order valence-electron chi connectivity index (χ1n) is 8.00. The van der Waals surface area contributed by atoms with Gasteiger partial charge < -0.3 is 18.9 Å². The van der Waals surface area contributed by atoms with Crippen molar-refractivity contribution >= 4 is 22.6 Å². The minimum atomic E-state index is -0.351. The third-order valence-corrected chi connectivity index (χ3v) is 3.82. The Bertz CT molecular complexity index is 464. The molecule has 1 aromatic carbocycles. The normalized spacial score (nSPS) is 10.5. The van der Waals surface area contributed by atoms with Gasteiger partial charge >= 0.3 is 5.97 Å². The maximum absolute atomic E-state index is 11.0. The monoisotopic (exact) mass is 354 g/mol. The van der Waals surface area contributed by atoms with E-state index >= 15 is 0 Å². The molecule has 0 fully saturated rings. The van der Waals surface area contributed by atoms with Crippen molar-refractivity contribution in [2.45, 2.75) is 6.92 Å². The van der Waals surface area contributed by atoms with Gasteiger partial charge in [-0.3, -0.25) is 0 Å². The topological polar surface area (TPSA) is 54.0 Å². The highest BCUT2D eigenvalue weighted by Gasteiger charge is 2.01. The van der Waals surface area contributed by atoms with Gasteiger partial charge in [0.2, 0.25) is 0 Å². The van der Waals surface area contributed by atoms with Gasteiger partial charge in [0.1, 0.15) is 6.61 Å². The summed E-state index contributed by atoms with van der Waals surface area (Å²) in [5, 5.41) is 0. The van der Waals surface area contributed by atoms with Gasteiger partial charge in [0.25, 0.3) is 0 Å². The highest BCUT2D eigenvalue weighted by molar-refractivity contribution is 8.08. The second kappa shape index (κ2) is 14.0. The van der Waals surface area contributed by atoms with Gasteiger partial charge in [0.15, 0.2) is 0 Å². The highest BCUT2D eigenvalue weighted by atomic mass is 32.2. The molecule has 5 nitrogen and oxygen atoms in total. The number of carbonyl (C=O) groups excluding carboxylic acids is 1. The zero-order chi connectivity index (χ0) is 17.5. The lowest BCUT2D eigenvalue weighted by Gasteiger charge is -2.08. The Balaban J connectivity index is 1.86. The van der Waals surface area contributed by atoms with Crippen LogP contribution in [0.2, 0.25) is 0 Å². The quantitative estimate of drug-likeness (QED) is 0.378. The molecule has 0 aromatic heterocycles. The van der Waals surface area contributed by atoms with E-state index < -0.39 is 0 Å². The lowest BCUT2D eigenvalue weighted by atomic mass is 10.2. The van der Waals surface area contributed by atoms with Crippen molar-refractivity contribution in [2.75, 3.05) is 52.0 Å². The summed E-state index contributed by atoms with van der Waals surface area (Å²) in [6.45, 7) is 8.65. The molecule has 1 rings (SSSR count). The molecular weight excluding hydrogens is 328 g/mol. The van der Waals surface area contributed by atoms with E-state index in [1.54, 1.807) is 18.7 Å².